The van der Waals surface area contributed by atoms with Gasteiger partial charge in [-0.15, -0.1) is 6.42 Å². The summed E-state index contributed by atoms with van der Waals surface area (Å²) in [6, 6.07) is 5.63. The first-order chi connectivity index (χ1) is 23.1. The molecule has 4 aliphatic rings. The number of phenols is 1. The predicted octanol–water partition coefficient (Wildman–Crippen LogP) is 5.47. The second-order valence-corrected chi connectivity index (χ2v) is 13.9. The summed E-state index contributed by atoms with van der Waals surface area (Å²) >= 11 is 0. The molecule has 4 aromatic rings. The van der Waals surface area contributed by atoms with Gasteiger partial charge in [-0.2, -0.15) is 9.97 Å². The normalized spacial score (nSPS) is 26.5. The molecule has 48 heavy (non-hydrogen) atoms. The van der Waals surface area contributed by atoms with Crippen LogP contribution in [0.1, 0.15) is 57.2 Å². The van der Waals surface area contributed by atoms with E-state index < -0.39 is 23.3 Å². The Morgan fingerprint density at radius 1 is 1.15 bits per heavy atom. The number of rotatable bonds is 5. The fraction of sp³-hybridized carbons (Fsp3) is 0.432. The van der Waals surface area contributed by atoms with Gasteiger partial charge in [0, 0.05) is 48.6 Å². The molecule has 4 saturated heterocycles. The van der Waals surface area contributed by atoms with Crippen LogP contribution in [0.15, 0.2) is 24.3 Å². The van der Waals surface area contributed by atoms with Crippen LogP contribution in [0, 0.1) is 35.8 Å². The molecule has 2 N–H and O–H groups in total. The lowest BCUT2D eigenvalue weighted by Gasteiger charge is -2.40. The fourth-order valence-electron chi connectivity index (χ4n) is 8.52. The average Bonchev–Trinajstić information content (AvgIpc) is 3.68. The SMILES string of the molecule is C#Cc1c(F)ccc2cc(O)cc(-c3nc(C#CC)c4c(N5C[C@H]6CC[C@@](C)(C5)N6)nc(OC[C@@]56CCCN5C[C@H](F)C6)nc4c3F)c12. The minimum atomic E-state index is -0.935. The van der Waals surface area contributed by atoms with E-state index in [-0.39, 0.29) is 63.4 Å². The van der Waals surface area contributed by atoms with Crippen molar-refractivity contribution in [3.05, 3.63) is 47.2 Å². The summed E-state index contributed by atoms with van der Waals surface area (Å²) in [4.78, 5) is 18.5. The van der Waals surface area contributed by atoms with Crippen molar-refractivity contribution in [3.63, 3.8) is 0 Å². The maximum atomic E-state index is 17.2. The van der Waals surface area contributed by atoms with Crippen molar-refractivity contribution >= 4 is 27.5 Å². The van der Waals surface area contributed by atoms with Gasteiger partial charge in [0.25, 0.3) is 0 Å². The van der Waals surface area contributed by atoms with Gasteiger partial charge >= 0.3 is 6.01 Å². The third kappa shape index (κ3) is 4.91. The number of aromatic nitrogens is 3. The Hall–Kier alpha value is -4.58. The number of terminal acetylenes is 1. The minimum Gasteiger partial charge on any atom is -0.508 e. The highest BCUT2D eigenvalue weighted by molar-refractivity contribution is 6.04. The molecule has 0 radical (unpaired) electrons. The zero-order valence-corrected chi connectivity index (χ0v) is 26.8. The van der Waals surface area contributed by atoms with Gasteiger partial charge in [0.15, 0.2) is 5.82 Å². The van der Waals surface area contributed by atoms with E-state index in [4.69, 9.17) is 21.1 Å². The van der Waals surface area contributed by atoms with E-state index in [9.17, 15) is 13.9 Å². The van der Waals surface area contributed by atoms with E-state index in [2.05, 4.69) is 44.8 Å². The zero-order valence-electron chi connectivity index (χ0n) is 26.8. The van der Waals surface area contributed by atoms with Gasteiger partial charge in [-0.3, -0.25) is 4.90 Å². The number of aromatic hydroxyl groups is 1. The average molecular weight is 653 g/mol. The molecule has 0 saturated carbocycles. The molecule has 8 rings (SSSR count). The monoisotopic (exact) mass is 652 g/mol. The van der Waals surface area contributed by atoms with Crippen LogP contribution in [-0.2, 0) is 0 Å². The molecule has 4 atom stereocenters. The van der Waals surface area contributed by atoms with Gasteiger partial charge in [-0.05, 0) is 75.6 Å². The number of benzene rings is 2. The largest absolute Gasteiger partial charge is 0.508 e. The van der Waals surface area contributed by atoms with E-state index in [0.717, 1.165) is 32.2 Å². The highest BCUT2D eigenvalue weighted by Crippen LogP contribution is 2.43. The van der Waals surface area contributed by atoms with E-state index in [1.54, 1.807) is 6.92 Å². The van der Waals surface area contributed by atoms with Crippen molar-refractivity contribution in [1.29, 1.82) is 0 Å². The zero-order chi connectivity index (χ0) is 33.4. The summed E-state index contributed by atoms with van der Waals surface area (Å²) in [5.74, 6) is 7.13. The fourth-order valence-corrected chi connectivity index (χ4v) is 8.52. The highest BCUT2D eigenvalue weighted by atomic mass is 19.1. The van der Waals surface area contributed by atoms with Crippen LogP contribution >= 0.6 is 0 Å². The van der Waals surface area contributed by atoms with Crippen molar-refractivity contribution in [3.8, 4) is 47.2 Å². The number of nitrogens with zero attached hydrogens (tertiary/aromatic N) is 5. The number of ether oxygens (including phenoxy) is 1. The molecule has 0 amide bonds. The number of halogens is 3. The van der Waals surface area contributed by atoms with E-state index >= 15 is 4.39 Å². The van der Waals surface area contributed by atoms with Gasteiger partial charge in [0.1, 0.15) is 47.1 Å². The number of hydrogen-bond donors (Lipinski definition) is 2. The number of pyridine rings is 1. The Balaban J connectivity index is 1.35. The first-order valence-corrected chi connectivity index (χ1v) is 16.4. The Labute approximate surface area is 276 Å². The van der Waals surface area contributed by atoms with Gasteiger partial charge in [-0.1, -0.05) is 17.9 Å². The van der Waals surface area contributed by atoms with Crippen molar-refractivity contribution in [1.82, 2.24) is 25.2 Å². The summed E-state index contributed by atoms with van der Waals surface area (Å²) in [7, 11) is 0. The molecule has 0 aliphatic carbocycles. The lowest BCUT2D eigenvalue weighted by Crippen LogP contribution is -2.58. The van der Waals surface area contributed by atoms with Crippen LogP contribution in [0.5, 0.6) is 11.8 Å². The van der Waals surface area contributed by atoms with Gasteiger partial charge < -0.3 is 20.1 Å². The maximum Gasteiger partial charge on any atom is 0.319 e. The first kappa shape index (κ1) is 30.7. The molecule has 4 aliphatic heterocycles. The Bertz CT molecular complexity index is 2110. The Morgan fingerprint density at radius 3 is 2.79 bits per heavy atom. The predicted molar refractivity (Wildman–Crippen MR) is 178 cm³/mol. The second kappa shape index (κ2) is 11.3. The second-order valence-electron chi connectivity index (χ2n) is 13.9. The van der Waals surface area contributed by atoms with Crippen LogP contribution < -0.4 is 15.0 Å². The van der Waals surface area contributed by atoms with Crippen molar-refractivity contribution < 1.29 is 23.0 Å². The Morgan fingerprint density at radius 2 is 2.00 bits per heavy atom. The number of hydrogen-bond acceptors (Lipinski definition) is 8. The van der Waals surface area contributed by atoms with Gasteiger partial charge in [0.2, 0.25) is 0 Å². The quantitative estimate of drug-likeness (QED) is 0.275. The molecule has 2 bridgehead atoms. The molecular weight excluding hydrogens is 617 g/mol. The molecule has 11 heteroatoms. The van der Waals surface area contributed by atoms with E-state index in [0.29, 0.717) is 42.6 Å². The summed E-state index contributed by atoms with van der Waals surface area (Å²) in [5, 5.41) is 15.4. The van der Waals surface area contributed by atoms with E-state index in [1.807, 2.05) is 0 Å². The number of phenolic OH excluding ortho intramolecular Hbond substituents is 1. The van der Waals surface area contributed by atoms with Crippen molar-refractivity contribution in [2.24, 2.45) is 0 Å². The summed E-state index contributed by atoms with van der Waals surface area (Å²) in [6.45, 7) is 6.41. The molecule has 246 valence electrons. The topological polar surface area (TPSA) is 86.6 Å². The molecule has 8 nitrogen and oxygen atoms in total. The number of fused-ring (bicyclic) bond motifs is 5. The van der Waals surface area contributed by atoms with Crippen LogP contribution in [0.4, 0.5) is 19.0 Å². The third-order valence-corrected chi connectivity index (χ3v) is 10.5. The van der Waals surface area contributed by atoms with E-state index in [1.165, 1.54) is 24.3 Å². The smallest absolute Gasteiger partial charge is 0.319 e. The number of anilines is 1. The maximum absolute atomic E-state index is 17.2. The van der Waals surface area contributed by atoms with Gasteiger partial charge in [0.05, 0.1) is 16.5 Å². The van der Waals surface area contributed by atoms with Crippen LogP contribution in [0.2, 0.25) is 0 Å². The highest BCUT2D eigenvalue weighted by Gasteiger charge is 2.49. The Kier molecular flexibility index (Phi) is 7.21. The van der Waals surface area contributed by atoms with Crippen LogP contribution in [-0.4, -0.2) is 81.0 Å². The van der Waals surface area contributed by atoms with Crippen LogP contribution in [0.3, 0.4) is 0 Å². The first-order valence-electron chi connectivity index (χ1n) is 16.4. The molecule has 6 heterocycles. The summed E-state index contributed by atoms with van der Waals surface area (Å²) in [5.41, 5.74) is -0.631. The van der Waals surface area contributed by atoms with Crippen molar-refractivity contribution in [2.45, 2.75) is 69.2 Å². The molecule has 2 aromatic carbocycles. The summed E-state index contributed by atoms with van der Waals surface area (Å²) < 4.78 is 53.1. The molecule has 2 aromatic heterocycles. The minimum absolute atomic E-state index is 0.0281. The molecule has 0 spiro atoms. The lowest BCUT2D eigenvalue weighted by atomic mass is 9.95. The lowest BCUT2D eigenvalue weighted by molar-refractivity contribution is 0.107. The van der Waals surface area contributed by atoms with Crippen molar-refractivity contribution in [2.75, 3.05) is 37.7 Å². The molecular formula is C37H35F3N6O2. The standard InChI is InChI=1S/C37H35F3N6O2/c1-4-7-28-30-33(31(40)32(41-28)26-15-24(47)14-21-8-9-27(39)25(5-2)29(21)26)42-35(48-20-37-11-6-13-46(37)17-22(38)16-37)43-34(30)45-18-23-10-12-36(3,19-45)44-23/h2,8-9,14-15,22-23,44,47H,6,10-13,16-20H2,1,3H3/t22-,23-,36+,37+/m1/s1. The number of piperazine rings is 1. The van der Waals surface area contributed by atoms with Crippen LogP contribution in [0.25, 0.3) is 32.9 Å². The van der Waals surface area contributed by atoms with Gasteiger partial charge in [-0.25, -0.2) is 18.2 Å². The third-order valence-electron chi connectivity index (χ3n) is 10.5. The molecule has 0 unspecified atom stereocenters. The molecule has 4 fully saturated rings. The summed E-state index contributed by atoms with van der Waals surface area (Å²) in [6.07, 6.45) is 8.89. The number of alkyl halides is 1. The number of nitrogens with one attached hydrogen (secondary N) is 1.